The first-order chi connectivity index (χ1) is 27.2. The monoisotopic (exact) mass is 775 g/mol. The smallest absolute Gasteiger partial charge is 0.264 e. The van der Waals surface area contributed by atoms with Crippen molar-refractivity contribution in [1.82, 2.24) is 15.1 Å². The highest BCUT2D eigenvalue weighted by molar-refractivity contribution is 6.31. The molecule has 5 fully saturated rings. The molecule has 2 bridgehead atoms. The second kappa shape index (κ2) is 15.1. The zero-order chi connectivity index (χ0) is 38.5. The molecule has 0 saturated carbocycles. The Balaban J connectivity index is 0.749. The van der Waals surface area contributed by atoms with E-state index in [9.17, 15) is 24.4 Å². The lowest BCUT2D eigenvalue weighted by Crippen LogP contribution is -2.54. The van der Waals surface area contributed by atoms with Crippen LogP contribution in [0.5, 0.6) is 5.75 Å². The zero-order valence-electron chi connectivity index (χ0n) is 31.4. The predicted molar refractivity (Wildman–Crippen MR) is 212 cm³/mol. The zero-order valence-corrected chi connectivity index (χ0v) is 32.1. The van der Waals surface area contributed by atoms with Crippen LogP contribution in [-0.4, -0.2) is 103 Å². The Morgan fingerprint density at radius 3 is 2.18 bits per heavy atom. The Labute approximate surface area is 331 Å². The summed E-state index contributed by atoms with van der Waals surface area (Å²) in [6.07, 6.45) is 6.66. The summed E-state index contributed by atoms with van der Waals surface area (Å²) in [7, 11) is 0. The minimum atomic E-state index is -0.965. The van der Waals surface area contributed by atoms with E-state index < -0.39 is 23.8 Å². The van der Waals surface area contributed by atoms with Crippen molar-refractivity contribution in [2.75, 3.05) is 60.5 Å². The molecule has 4 amide bonds. The lowest BCUT2D eigenvalue weighted by Gasteiger charge is -2.41. The first kappa shape index (κ1) is 36.5. The minimum absolute atomic E-state index is 0.102. The molecule has 290 valence electrons. The second-order valence-electron chi connectivity index (χ2n) is 16.1. The van der Waals surface area contributed by atoms with Gasteiger partial charge in [-0.2, -0.15) is 5.26 Å². The van der Waals surface area contributed by atoms with Crippen molar-refractivity contribution in [3.05, 3.63) is 82.4 Å². The summed E-state index contributed by atoms with van der Waals surface area (Å²) in [5.41, 5.74) is 4.48. The molecule has 6 aliphatic rings. The molecule has 9 rings (SSSR count). The van der Waals surface area contributed by atoms with Crippen LogP contribution in [0.4, 0.5) is 17.1 Å². The van der Waals surface area contributed by atoms with Gasteiger partial charge in [0.15, 0.2) is 0 Å². The number of hydrogen-bond donors (Lipinski definition) is 1. The highest BCUT2D eigenvalue weighted by Crippen LogP contribution is 2.42. The number of halogens is 1. The molecule has 56 heavy (non-hydrogen) atoms. The molecule has 13 heteroatoms. The van der Waals surface area contributed by atoms with E-state index in [1.807, 2.05) is 18.2 Å². The molecule has 5 saturated heterocycles. The van der Waals surface area contributed by atoms with Crippen LogP contribution in [0, 0.1) is 17.2 Å². The fourth-order valence-corrected chi connectivity index (χ4v) is 10.2. The third-order valence-electron chi connectivity index (χ3n) is 12.9. The lowest BCUT2D eigenvalue weighted by molar-refractivity contribution is -0.136. The van der Waals surface area contributed by atoms with E-state index in [1.54, 1.807) is 18.2 Å². The summed E-state index contributed by atoms with van der Waals surface area (Å²) in [5, 5.41) is 11.9. The number of benzene rings is 3. The lowest BCUT2D eigenvalue weighted by atomic mass is 9.94. The number of nitriles is 1. The fraction of sp³-hybridized carbons (Fsp3) is 0.465. The SMILES string of the molecule is N#Cc1ccc(OC2CC3CCC(C2)N3c2ccc(N3CCN(CC4CCN(c5cccc6c5C(=O)N(C5CCC(=O)NC5=O)C6=O)CC4)CC3)cc2)cc1Cl. The maximum absolute atomic E-state index is 13.6. The van der Waals surface area contributed by atoms with Gasteiger partial charge in [0.2, 0.25) is 11.8 Å². The molecular weight excluding hydrogens is 730 g/mol. The van der Waals surface area contributed by atoms with Gasteiger partial charge in [0, 0.05) is 94.6 Å². The van der Waals surface area contributed by atoms with E-state index in [4.69, 9.17) is 16.3 Å². The Bertz CT molecular complexity index is 2070. The van der Waals surface area contributed by atoms with Gasteiger partial charge in [-0.1, -0.05) is 17.7 Å². The van der Waals surface area contributed by atoms with Gasteiger partial charge >= 0.3 is 0 Å². The molecule has 3 aromatic rings. The molecule has 3 atom stereocenters. The Morgan fingerprint density at radius 2 is 1.50 bits per heavy atom. The number of carbonyl (C=O) groups excluding carboxylic acids is 4. The summed E-state index contributed by atoms with van der Waals surface area (Å²) in [6, 6.07) is 21.9. The van der Waals surface area contributed by atoms with Crippen molar-refractivity contribution in [2.24, 2.45) is 5.92 Å². The fourth-order valence-electron chi connectivity index (χ4n) is 10.0. The van der Waals surface area contributed by atoms with Crippen molar-refractivity contribution in [2.45, 2.75) is 75.6 Å². The second-order valence-corrected chi connectivity index (χ2v) is 16.5. The van der Waals surface area contributed by atoms with Gasteiger partial charge in [0.25, 0.3) is 11.8 Å². The normalized spacial score (nSPS) is 25.7. The number of rotatable bonds is 8. The highest BCUT2D eigenvalue weighted by atomic mass is 35.5. The van der Waals surface area contributed by atoms with E-state index >= 15 is 0 Å². The van der Waals surface area contributed by atoms with Crippen LogP contribution in [0.1, 0.15) is 77.6 Å². The first-order valence-electron chi connectivity index (χ1n) is 20.1. The van der Waals surface area contributed by atoms with Crippen molar-refractivity contribution < 1.29 is 23.9 Å². The van der Waals surface area contributed by atoms with Gasteiger partial charge in [0.1, 0.15) is 24.0 Å². The average Bonchev–Trinajstić information content (AvgIpc) is 3.63. The number of piperidine rings is 3. The average molecular weight is 776 g/mol. The summed E-state index contributed by atoms with van der Waals surface area (Å²) < 4.78 is 6.35. The number of nitrogens with zero attached hydrogens (tertiary/aromatic N) is 6. The van der Waals surface area contributed by atoms with Gasteiger partial charge in [-0.25, -0.2) is 0 Å². The van der Waals surface area contributed by atoms with Crippen LogP contribution in [0.3, 0.4) is 0 Å². The third kappa shape index (κ3) is 6.85. The molecular formula is C43H46ClN7O5. The Kier molecular flexibility index (Phi) is 9.84. The van der Waals surface area contributed by atoms with E-state index in [1.165, 1.54) is 24.2 Å². The van der Waals surface area contributed by atoms with Crippen LogP contribution >= 0.6 is 11.6 Å². The largest absolute Gasteiger partial charge is 0.490 e. The van der Waals surface area contributed by atoms with E-state index in [0.717, 1.165) is 87.8 Å². The maximum atomic E-state index is 13.6. The van der Waals surface area contributed by atoms with E-state index in [2.05, 4.69) is 55.3 Å². The molecule has 6 heterocycles. The molecule has 0 radical (unpaired) electrons. The molecule has 3 unspecified atom stereocenters. The van der Waals surface area contributed by atoms with Crippen LogP contribution in [0.2, 0.25) is 5.02 Å². The Hall–Kier alpha value is -5.12. The number of nitrogens with one attached hydrogen (secondary N) is 1. The predicted octanol–water partition coefficient (Wildman–Crippen LogP) is 5.23. The third-order valence-corrected chi connectivity index (χ3v) is 13.2. The number of hydrogen-bond acceptors (Lipinski definition) is 10. The number of piperazine rings is 1. The number of carbonyl (C=O) groups is 4. The van der Waals surface area contributed by atoms with Crippen molar-refractivity contribution >= 4 is 52.3 Å². The summed E-state index contributed by atoms with van der Waals surface area (Å²) in [6.45, 7) is 6.65. The summed E-state index contributed by atoms with van der Waals surface area (Å²) >= 11 is 6.25. The van der Waals surface area contributed by atoms with Crippen molar-refractivity contribution in [1.29, 1.82) is 5.26 Å². The summed E-state index contributed by atoms with van der Waals surface area (Å²) in [4.78, 5) is 62.2. The van der Waals surface area contributed by atoms with Gasteiger partial charge in [-0.3, -0.25) is 34.3 Å². The molecule has 12 nitrogen and oxygen atoms in total. The van der Waals surface area contributed by atoms with Crippen molar-refractivity contribution in [3.63, 3.8) is 0 Å². The number of anilines is 3. The highest BCUT2D eigenvalue weighted by Gasteiger charge is 2.46. The molecule has 1 N–H and O–H groups in total. The van der Waals surface area contributed by atoms with E-state index in [0.29, 0.717) is 39.7 Å². The molecule has 6 aliphatic heterocycles. The van der Waals surface area contributed by atoms with Crippen molar-refractivity contribution in [3.8, 4) is 11.8 Å². The maximum Gasteiger partial charge on any atom is 0.264 e. The number of imide groups is 2. The Morgan fingerprint density at radius 1 is 0.786 bits per heavy atom. The van der Waals surface area contributed by atoms with Crippen LogP contribution in [-0.2, 0) is 9.59 Å². The van der Waals surface area contributed by atoms with Crippen LogP contribution < -0.4 is 24.8 Å². The quantitative estimate of drug-likeness (QED) is 0.304. The van der Waals surface area contributed by atoms with Gasteiger partial charge in [-0.05, 0) is 86.6 Å². The standard InChI is InChI=1S/C43H46ClN7O5/c44-36-24-33(11-4-28(36)25-45)56-34-22-31-9-10-32(23-34)50(31)30-7-5-29(6-8-30)48-20-18-47(19-21-48)26-27-14-16-49(17-15-27)37-3-1-2-35-40(37)43(55)51(42(35)54)38-12-13-39(52)46-41(38)53/h1-8,11,24,27,31-32,34,38H,9-10,12-23,26H2,(H,46,52,53). The van der Waals surface area contributed by atoms with Gasteiger partial charge < -0.3 is 19.4 Å². The number of ether oxygens (including phenoxy) is 1. The molecule has 0 aromatic heterocycles. The van der Waals surface area contributed by atoms with E-state index in [-0.39, 0.29) is 24.9 Å². The molecule has 0 aliphatic carbocycles. The number of fused-ring (bicyclic) bond motifs is 3. The van der Waals surface area contributed by atoms with Crippen LogP contribution in [0.25, 0.3) is 0 Å². The van der Waals surface area contributed by atoms with Gasteiger partial charge in [-0.15, -0.1) is 0 Å². The summed E-state index contributed by atoms with van der Waals surface area (Å²) in [5.74, 6) is -0.599. The topological polar surface area (TPSA) is 130 Å². The first-order valence-corrected chi connectivity index (χ1v) is 20.4. The molecule has 3 aromatic carbocycles. The number of amides is 4. The minimum Gasteiger partial charge on any atom is -0.490 e. The van der Waals surface area contributed by atoms with Gasteiger partial charge in [0.05, 0.1) is 27.4 Å². The van der Waals surface area contributed by atoms with Crippen LogP contribution in [0.15, 0.2) is 60.7 Å². The molecule has 0 spiro atoms.